The van der Waals surface area contributed by atoms with Crippen molar-refractivity contribution in [2.75, 3.05) is 7.05 Å². The summed E-state index contributed by atoms with van der Waals surface area (Å²) in [5.41, 5.74) is 0.595. The van der Waals surface area contributed by atoms with E-state index in [2.05, 4.69) is 12.2 Å². The Balaban J connectivity index is 2.53. The molecular formula is C13H19F2N. The molecular weight excluding hydrogens is 208 g/mol. The van der Waals surface area contributed by atoms with Gasteiger partial charge in [0.1, 0.15) is 11.6 Å². The van der Waals surface area contributed by atoms with Crippen LogP contribution in [-0.4, -0.2) is 13.1 Å². The van der Waals surface area contributed by atoms with E-state index < -0.39 is 11.6 Å². The van der Waals surface area contributed by atoms with E-state index in [9.17, 15) is 8.78 Å². The van der Waals surface area contributed by atoms with Crippen LogP contribution >= 0.6 is 0 Å². The maximum atomic E-state index is 13.3. The maximum absolute atomic E-state index is 13.3. The van der Waals surface area contributed by atoms with E-state index in [4.69, 9.17) is 0 Å². The number of hydrogen-bond acceptors (Lipinski definition) is 1. The van der Waals surface area contributed by atoms with Crippen molar-refractivity contribution in [3.63, 3.8) is 0 Å². The van der Waals surface area contributed by atoms with E-state index in [0.29, 0.717) is 18.0 Å². The highest BCUT2D eigenvalue weighted by atomic mass is 19.1. The Labute approximate surface area is 95.9 Å². The minimum Gasteiger partial charge on any atom is -0.317 e. The fraction of sp³-hybridized carbons (Fsp3) is 0.538. The molecule has 0 bridgehead atoms. The lowest BCUT2D eigenvalue weighted by atomic mass is 10.0. The fourth-order valence-corrected chi connectivity index (χ4v) is 1.84. The van der Waals surface area contributed by atoms with Gasteiger partial charge in [-0.1, -0.05) is 19.4 Å². The first-order valence-corrected chi connectivity index (χ1v) is 5.78. The van der Waals surface area contributed by atoms with Gasteiger partial charge in [0, 0.05) is 12.1 Å². The summed E-state index contributed by atoms with van der Waals surface area (Å²) in [6.07, 6.45) is 3.72. The van der Waals surface area contributed by atoms with Crippen LogP contribution in [0.25, 0.3) is 0 Å². The van der Waals surface area contributed by atoms with Crippen LogP contribution in [0.4, 0.5) is 8.78 Å². The molecule has 16 heavy (non-hydrogen) atoms. The van der Waals surface area contributed by atoms with Crippen LogP contribution in [0.5, 0.6) is 0 Å². The number of hydrogen-bond donors (Lipinski definition) is 1. The van der Waals surface area contributed by atoms with E-state index in [0.717, 1.165) is 25.3 Å². The van der Waals surface area contributed by atoms with Crippen molar-refractivity contribution in [2.45, 2.75) is 38.6 Å². The summed E-state index contributed by atoms with van der Waals surface area (Å²) in [7, 11) is 1.92. The molecule has 0 spiro atoms. The first-order chi connectivity index (χ1) is 7.67. The number of halogens is 2. The van der Waals surface area contributed by atoms with E-state index in [1.54, 1.807) is 0 Å². The van der Waals surface area contributed by atoms with Crippen molar-refractivity contribution < 1.29 is 8.78 Å². The Morgan fingerprint density at radius 3 is 2.56 bits per heavy atom. The molecule has 1 N–H and O–H groups in total. The van der Waals surface area contributed by atoms with Crippen molar-refractivity contribution in [1.82, 2.24) is 5.32 Å². The van der Waals surface area contributed by atoms with Crippen molar-refractivity contribution >= 4 is 0 Å². The van der Waals surface area contributed by atoms with Gasteiger partial charge in [0.05, 0.1) is 0 Å². The number of benzene rings is 1. The van der Waals surface area contributed by atoms with E-state index in [-0.39, 0.29) is 0 Å². The first-order valence-electron chi connectivity index (χ1n) is 5.78. The van der Waals surface area contributed by atoms with Gasteiger partial charge < -0.3 is 5.32 Å². The van der Waals surface area contributed by atoms with Crippen molar-refractivity contribution in [3.05, 3.63) is 35.4 Å². The second-order valence-corrected chi connectivity index (χ2v) is 4.05. The molecule has 0 heterocycles. The molecule has 0 aliphatic carbocycles. The molecule has 0 saturated carbocycles. The molecule has 0 aliphatic rings. The van der Waals surface area contributed by atoms with Crippen molar-refractivity contribution in [1.29, 1.82) is 0 Å². The van der Waals surface area contributed by atoms with E-state index in [1.165, 1.54) is 12.1 Å². The summed E-state index contributed by atoms with van der Waals surface area (Å²) in [5, 5.41) is 3.21. The minimum absolute atomic E-state index is 0.412. The Hall–Kier alpha value is -0.960. The van der Waals surface area contributed by atoms with Gasteiger partial charge in [-0.25, -0.2) is 8.78 Å². The fourth-order valence-electron chi connectivity index (χ4n) is 1.84. The highest BCUT2D eigenvalue weighted by Gasteiger charge is 2.08. The van der Waals surface area contributed by atoms with Crippen LogP contribution in [0.3, 0.4) is 0 Å². The van der Waals surface area contributed by atoms with Crippen LogP contribution in [0, 0.1) is 11.6 Å². The average molecular weight is 227 g/mol. The van der Waals surface area contributed by atoms with Crippen molar-refractivity contribution in [3.8, 4) is 0 Å². The molecule has 1 nitrogen and oxygen atoms in total. The molecule has 0 saturated heterocycles. The molecule has 3 heteroatoms. The quantitative estimate of drug-likeness (QED) is 0.786. The Kier molecular flexibility index (Phi) is 5.39. The normalized spacial score (nSPS) is 12.8. The standard InChI is InChI=1S/C13H19F2N/c1-3-4-12(16-2)8-6-10-5-7-11(14)9-13(10)15/h5,7,9,12,16H,3-4,6,8H2,1-2H3. The lowest BCUT2D eigenvalue weighted by Crippen LogP contribution is -2.25. The summed E-state index contributed by atoms with van der Waals surface area (Å²) >= 11 is 0. The van der Waals surface area contributed by atoms with Crippen LogP contribution in [-0.2, 0) is 6.42 Å². The zero-order valence-corrected chi connectivity index (χ0v) is 9.89. The van der Waals surface area contributed by atoms with Gasteiger partial charge in [-0.3, -0.25) is 0 Å². The molecule has 0 aliphatic heterocycles. The topological polar surface area (TPSA) is 12.0 Å². The molecule has 1 aromatic carbocycles. The second-order valence-electron chi connectivity index (χ2n) is 4.05. The monoisotopic (exact) mass is 227 g/mol. The Morgan fingerprint density at radius 1 is 1.25 bits per heavy atom. The molecule has 90 valence electrons. The largest absolute Gasteiger partial charge is 0.317 e. The van der Waals surface area contributed by atoms with E-state index in [1.807, 2.05) is 7.05 Å². The third-order valence-corrected chi connectivity index (χ3v) is 2.82. The Bertz CT molecular complexity index is 326. The smallest absolute Gasteiger partial charge is 0.129 e. The molecule has 1 rings (SSSR count). The molecule has 0 amide bonds. The minimum atomic E-state index is -0.514. The summed E-state index contributed by atoms with van der Waals surface area (Å²) in [5.74, 6) is -0.952. The molecule has 0 fully saturated rings. The van der Waals surface area contributed by atoms with Gasteiger partial charge in [0.15, 0.2) is 0 Å². The molecule has 1 unspecified atom stereocenters. The van der Waals surface area contributed by atoms with Gasteiger partial charge in [-0.2, -0.15) is 0 Å². The van der Waals surface area contributed by atoms with Gasteiger partial charge >= 0.3 is 0 Å². The van der Waals surface area contributed by atoms with E-state index >= 15 is 0 Å². The predicted octanol–water partition coefficient (Wildman–Crippen LogP) is 3.29. The highest BCUT2D eigenvalue weighted by Crippen LogP contribution is 2.13. The highest BCUT2D eigenvalue weighted by molar-refractivity contribution is 5.18. The number of nitrogens with one attached hydrogen (secondary N) is 1. The van der Waals surface area contributed by atoms with Gasteiger partial charge in [0.25, 0.3) is 0 Å². The van der Waals surface area contributed by atoms with Crippen molar-refractivity contribution in [2.24, 2.45) is 0 Å². The van der Waals surface area contributed by atoms with Gasteiger partial charge in [0.2, 0.25) is 0 Å². The SMILES string of the molecule is CCCC(CCc1ccc(F)cc1F)NC. The molecule has 0 aromatic heterocycles. The molecule has 0 radical (unpaired) electrons. The zero-order chi connectivity index (χ0) is 12.0. The lowest BCUT2D eigenvalue weighted by Gasteiger charge is -2.15. The number of rotatable bonds is 6. The third kappa shape index (κ3) is 3.89. The van der Waals surface area contributed by atoms with Gasteiger partial charge in [-0.15, -0.1) is 0 Å². The second kappa shape index (κ2) is 6.59. The summed E-state index contributed by atoms with van der Waals surface area (Å²) in [6.45, 7) is 2.13. The van der Waals surface area contributed by atoms with Crippen LogP contribution in [0.15, 0.2) is 18.2 Å². The predicted molar refractivity (Wildman–Crippen MR) is 62.4 cm³/mol. The van der Waals surface area contributed by atoms with Crippen LogP contribution < -0.4 is 5.32 Å². The van der Waals surface area contributed by atoms with Gasteiger partial charge in [-0.05, 0) is 37.9 Å². The average Bonchev–Trinajstić information content (AvgIpc) is 2.26. The zero-order valence-electron chi connectivity index (χ0n) is 9.89. The third-order valence-electron chi connectivity index (χ3n) is 2.82. The summed E-state index contributed by atoms with van der Waals surface area (Å²) < 4.78 is 26.0. The maximum Gasteiger partial charge on any atom is 0.129 e. The first kappa shape index (κ1) is 13.1. The Morgan fingerprint density at radius 2 is 2.00 bits per heavy atom. The lowest BCUT2D eigenvalue weighted by molar-refractivity contribution is 0.477. The van der Waals surface area contributed by atoms with Crippen LogP contribution in [0.2, 0.25) is 0 Å². The molecule has 1 aromatic rings. The number of aryl methyl sites for hydroxylation is 1. The summed E-state index contributed by atoms with van der Waals surface area (Å²) in [4.78, 5) is 0. The van der Waals surface area contributed by atoms with Crippen LogP contribution in [0.1, 0.15) is 31.7 Å². The summed E-state index contributed by atoms with van der Waals surface area (Å²) in [6, 6.07) is 4.20. The molecule has 1 atom stereocenters.